The number of nitrogens with zero attached hydrogens (tertiary/aromatic N) is 3. The van der Waals surface area contributed by atoms with E-state index in [0.717, 1.165) is 11.3 Å². The largest absolute Gasteiger partial charge is 0.480 e. The van der Waals surface area contributed by atoms with Gasteiger partial charge in [-0.1, -0.05) is 11.8 Å². The first kappa shape index (κ1) is 16.3. The maximum Gasteiger partial charge on any atom is 0.326 e. The van der Waals surface area contributed by atoms with Gasteiger partial charge in [-0.2, -0.15) is 5.26 Å². The highest BCUT2D eigenvalue weighted by Crippen LogP contribution is 2.25. The average Bonchev–Trinajstić information content (AvgIpc) is 2.93. The number of amides is 1. The van der Waals surface area contributed by atoms with Gasteiger partial charge in [0.05, 0.1) is 11.3 Å². The highest BCUT2D eigenvalue weighted by molar-refractivity contribution is 8.00. The second kappa shape index (κ2) is 6.79. The molecular formula is C15H17N3O3S. The van der Waals surface area contributed by atoms with Crippen LogP contribution >= 0.6 is 11.8 Å². The molecule has 1 N–H and O–H groups in total. The van der Waals surface area contributed by atoms with Gasteiger partial charge in [0, 0.05) is 12.2 Å². The molecule has 1 aliphatic heterocycles. The van der Waals surface area contributed by atoms with Crippen molar-refractivity contribution < 1.29 is 14.7 Å². The second-order valence-corrected chi connectivity index (χ2v) is 6.21. The minimum atomic E-state index is -0.960. The Morgan fingerprint density at radius 2 is 2.27 bits per heavy atom. The number of aromatic nitrogens is 1. The van der Waals surface area contributed by atoms with Crippen molar-refractivity contribution in [2.24, 2.45) is 0 Å². The fourth-order valence-corrected chi connectivity index (χ4v) is 3.56. The summed E-state index contributed by atoms with van der Waals surface area (Å²) in [6.07, 6.45) is 1.20. The quantitative estimate of drug-likeness (QED) is 0.850. The Morgan fingerprint density at radius 1 is 1.55 bits per heavy atom. The molecule has 22 heavy (non-hydrogen) atoms. The molecule has 1 fully saturated rings. The topological polar surface area (TPSA) is 94.3 Å². The van der Waals surface area contributed by atoms with Crippen LogP contribution in [0.25, 0.3) is 0 Å². The number of hydrogen-bond donors (Lipinski definition) is 1. The van der Waals surface area contributed by atoms with Gasteiger partial charge < -0.3 is 10.0 Å². The minimum Gasteiger partial charge on any atom is -0.480 e. The Kier molecular flexibility index (Phi) is 5.03. The smallest absolute Gasteiger partial charge is 0.326 e. The van der Waals surface area contributed by atoms with Crippen molar-refractivity contribution in [2.75, 3.05) is 12.3 Å². The lowest BCUT2D eigenvalue weighted by Crippen LogP contribution is -2.41. The maximum atomic E-state index is 12.2. The number of carboxylic acid groups (broad SMARTS) is 1. The first-order valence-corrected chi connectivity index (χ1v) is 7.96. The van der Waals surface area contributed by atoms with Crippen LogP contribution in [0.4, 0.5) is 0 Å². The van der Waals surface area contributed by atoms with Crippen LogP contribution in [0.3, 0.4) is 0 Å². The summed E-state index contributed by atoms with van der Waals surface area (Å²) < 4.78 is 0. The summed E-state index contributed by atoms with van der Waals surface area (Å²) in [5.41, 5.74) is 2.09. The predicted octanol–water partition coefficient (Wildman–Crippen LogP) is 1.74. The zero-order valence-corrected chi connectivity index (χ0v) is 13.3. The van der Waals surface area contributed by atoms with E-state index in [9.17, 15) is 14.9 Å². The van der Waals surface area contributed by atoms with E-state index in [1.807, 2.05) is 19.9 Å². The summed E-state index contributed by atoms with van der Waals surface area (Å²) in [6, 6.07) is 3.21. The summed E-state index contributed by atoms with van der Waals surface area (Å²) in [5, 5.41) is 18.8. The number of aliphatic carboxylic acids is 1. The predicted molar refractivity (Wildman–Crippen MR) is 81.5 cm³/mol. The molecule has 0 aromatic carbocycles. The number of thioether (sulfide) groups is 1. The van der Waals surface area contributed by atoms with Crippen molar-refractivity contribution in [3.63, 3.8) is 0 Å². The lowest BCUT2D eigenvalue weighted by Gasteiger charge is -2.21. The summed E-state index contributed by atoms with van der Waals surface area (Å²) >= 11 is 1.19. The van der Waals surface area contributed by atoms with Crippen LogP contribution in [-0.2, 0) is 9.59 Å². The first-order chi connectivity index (χ1) is 10.4. The van der Waals surface area contributed by atoms with Crippen molar-refractivity contribution >= 4 is 23.6 Å². The normalized spacial score (nSPS) is 17.3. The lowest BCUT2D eigenvalue weighted by atomic mass is 10.1. The number of carbonyl (C=O) groups excluding carboxylic acids is 1. The van der Waals surface area contributed by atoms with E-state index in [1.165, 1.54) is 16.7 Å². The third-order valence-electron chi connectivity index (χ3n) is 3.61. The molecule has 0 aliphatic carbocycles. The number of pyridine rings is 1. The molecule has 0 unspecified atom stereocenters. The third kappa shape index (κ3) is 3.39. The van der Waals surface area contributed by atoms with Gasteiger partial charge >= 0.3 is 5.97 Å². The van der Waals surface area contributed by atoms with Gasteiger partial charge in [0.15, 0.2) is 0 Å². The van der Waals surface area contributed by atoms with Crippen LogP contribution in [0, 0.1) is 25.2 Å². The maximum absolute atomic E-state index is 12.2. The summed E-state index contributed by atoms with van der Waals surface area (Å²) in [5.74, 6) is -1.09. The Morgan fingerprint density at radius 3 is 2.91 bits per heavy atom. The van der Waals surface area contributed by atoms with Crippen molar-refractivity contribution in [3.05, 3.63) is 22.9 Å². The summed E-state index contributed by atoms with van der Waals surface area (Å²) in [6.45, 7) is 4.14. The van der Waals surface area contributed by atoms with Gasteiger partial charge in [0.25, 0.3) is 0 Å². The highest BCUT2D eigenvalue weighted by Gasteiger charge is 2.33. The molecule has 116 valence electrons. The molecule has 0 bridgehead atoms. The van der Waals surface area contributed by atoms with Crippen molar-refractivity contribution in [2.45, 2.75) is 37.8 Å². The highest BCUT2D eigenvalue weighted by atomic mass is 32.2. The molecule has 2 heterocycles. The number of carboxylic acids is 1. The molecule has 1 saturated heterocycles. The SMILES string of the molecule is Cc1cc(C)c(C#N)c(SCC(=O)N2CCC[C@H]2C(=O)O)n1. The minimum absolute atomic E-state index is 0.0916. The van der Waals surface area contributed by atoms with E-state index in [0.29, 0.717) is 30.0 Å². The number of nitriles is 1. The number of aryl methyl sites for hydroxylation is 2. The number of likely N-dealkylation sites (tertiary alicyclic amines) is 1. The molecular weight excluding hydrogens is 302 g/mol. The Labute approximate surface area is 133 Å². The fourth-order valence-electron chi connectivity index (χ4n) is 2.58. The Balaban J connectivity index is 2.09. The van der Waals surface area contributed by atoms with Crippen LogP contribution in [0.15, 0.2) is 11.1 Å². The fraction of sp³-hybridized carbons (Fsp3) is 0.467. The molecule has 0 spiro atoms. The zero-order chi connectivity index (χ0) is 16.3. The molecule has 1 aliphatic rings. The molecule has 0 radical (unpaired) electrons. The number of hydrogen-bond acceptors (Lipinski definition) is 5. The van der Waals surface area contributed by atoms with E-state index in [2.05, 4.69) is 11.1 Å². The van der Waals surface area contributed by atoms with Gasteiger partial charge in [-0.05, 0) is 38.3 Å². The molecule has 6 nitrogen and oxygen atoms in total. The monoisotopic (exact) mass is 319 g/mol. The van der Waals surface area contributed by atoms with E-state index in [1.54, 1.807) is 0 Å². The molecule has 2 rings (SSSR count). The summed E-state index contributed by atoms with van der Waals surface area (Å²) in [4.78, 5) is 29.1. The zero-order valence-electron chi connectivity index (χ0n) is 12.5. The molecule has 1 aromatic rings. The van der Waals surface area contributed by atoms with E-state index in [-0.39, 0.29) is 11.7 Å². The molecule has 7 heteroatoms. The van der Waals surface area contributed by atoms with Gasteiger partial charge in [-0.3, -0.25) is 4.79 Å². The lowest BCUT2D eigenvalue weighted by molar-refractivity contribution is -0.147. The van der Waals surface area contributed by atoms with Crippen LogP contribution < -0.4 is 0 Å². The van der Waals surface area contributed by atoms with E-state index >= 15 is 0 Å². The summed E-state index contributed by atoms with van der Waals surface area (Å²) in [7, 11) is 0. The average molecular weight is 319 g/mol. The number of carbonyl (C=O) groups is 2. The molecule has 1 aromatic heterocycles. The van der Waals surface area contributed by atoms with E-state index < -0.39 is 12.0 Å². The molecule has 0 saturated carbocycles. The molecule has 1 atom stereocenters. The van der Waals surface area contributed by atoms with Gasteiger partial charge in [-0.15, -0.1) is 0 Å². The van der Waals surface area contributed by atoms with Crippen molar-refractivity contribution in [1.82, 2.24) is 9.88 Å². The van der Waals surface area contributed by atoms with E-state index in [4.69, 9.17) is 5.11 Å². The van der Waals surface area contributed by atoms with Gasteiger partial charge in [0.1, 0.15) is 17.1 Å². The van der Waals surface area contributed by atoms with Crippen LogP contribution in [0.2, 0.25) is 0 Å². The Hall–Kier alpha value is -2.07. The van der Waals surface area contributed by atoms with Gasteiger partial charge in [0.2, 0.25) is 5.91 Å². The van der Waals surface area contributed by atoms with Crippen LogP contribution in [0.1, 0.15) is 29.7 Å². The Bertz CT molecular complexity index is 654. The number of rotatable bonds is 4. The first-order valence-electron chi connectivity index (χ1n) is 6.97. The van der Waals surface area contributed by atoms with Crippen LogP contribution in [-0.4, -0.2) is 45.2 Å². The van der Waals surface area contributed by atoms with Crippen molar-refractivity contribution in [3.8, 4) is 6.07 Å². The van der Waals surface area contributed by atoms with Crippen LogP contribution in [0.5, 0.6) is 0 Å². The third-order valence-corrected chi connectivity index (χ3v) is 4.57. The molecule has 1 amide bonds. The second-order valence-electron chi connectivity index (χ2n) is 5.24. The standard InChI is InChI=1S/C15H17N3O3S/c1-9-6-10(2)17-14(11(9)7-16)22-8-13(19)18-5-3-4-12(18)15(20)21/h6,12H,3-5,8H2,1-2H3,(H,20,21)/t12-/m0/s1. The van der Waals surface area contributed by atoms with Crippen molar-refractivity contribution in [1.29, 1.82) is 5.26 Å². The van der Waals surface area contributed by atoms with Gasteiger partial charge in [-0.25, -0.2) is 9.78 Å².